The summed E-state index contributed by atoms with van der Waals surface area (Å²) in [6.07, 6.45) is 0. The number of carbonyl (C=O) groups is 1. The van der Waals surface area contributed by atoms with Gasteiger partial charge in [0.25, 0.3) is 0 Å². The minimum absolute atomic E-state index is 0.247. The minimum atomic E-state index is 0.247. The number of nitrogens with two attached hydrogens (primary N) is 1. The Morgan fingerprint density at radius 1 is 1.57 bits per heavy atom. The average molecular weight is 217 g/mol. The second kappa shape index (κ2) is 6.27. The fourth-order valence-corrected chi connectivity index (χ4v) is 2.03. The van der Waals surface area contributed by atoms with Crippen molar-refractivity contribution >= 4 is 17.7 Å². The molecule has 1 aliphatic rings. The third-order valence-electron chi connectivity index (χ3n) is 2.29. The Balaban J connectivity index is 2.19. The van der Waals surface area contributed by atoms with Crippen LogP contribution in [0.2, 0.25) is 0 Å². The van der Waals surface area contributed by atoms with Crippen LogP contribution in [0.1, 0.15) is 6.92 Å². The molecule has 1 saturated heterocycles. The molecular weight excluding hydrogens is 198 g/mol. The molecule has 0 radical (unpaired) electrons. The highest BCUT2D eigenvalue weighted by molar-refractivity contribution is 8.00. The van der Waals surface area contributed by atoms with Gasteiger partial charge in [-0.05, 0) is 0 Å². The van der Waals surface area contributed by atoms with Crippen molar-refractivity contribution in [1.82, 2.24) is 10.2 Å². The number of hydrogen-bond acceptors (Lipinski definition) is 4. The predicted octanol–water partition coefficient (Wildman–Crippen LogP) is -0.501. The highest BCUT2D eigenvalue weighted by Crippen LogP contribution is 2.10. The van der Waals surface area contributed by atoms with Gasteiger partial charge in [0.2, 0.25) is 5.91 Å². The normalized spacial score (nSPS) is 19.4. The molecule has 1 heterocycles. The molecule has 0 aromatic carbocycles. The van der Waals surface area contributed by atoms with Gasteiger partial charge in [0.05, 0.1) is 5.75 Å². The predicted molar refractivity (Wildman–Crippen MR) is 60.4 cm³/mol. The lowest BCUT2D eigenvalue weighted by Gasteiger charge is -2.27. The first-order valence-electron chi connectivity index (χ1n) is 5.04. The summed E-state index contributed by atoms with van der Waals surface area (Å²) in [7, 11) is 0. The summed E-state index contributed by atoms with van der Waals surface area (Å²) in [5.41, 5.74) is 5.48. The Bertz CT molecular complexity index is 183. The van der Waals surface area contributed by atoms with E-state index in [0.29, 0.717) is 17.5 Å². The molecule has 0 aromatic rings. The van der Waals surface area contributed by atoms with Gasteiger partial charge in [0, 0.05) is 38.0 Å². The van der Waals surface area contributed by atoms with Crippen LogP contribution in [0.15, 0.2) is 0 Å². The van der Waals surface area contributed by atoms with E-state index in [1.165, 1.54) is 0 Å². The van der Waals surface area contributed by atoms with E-state index in [1.807, 2.05) is 4.90 Å². The van der Waals surface area contributed by atoms with E-state index in [9.17, 15) is 4.79 Å². The number of carbonyl (C=O) groups excluding carboxylic acids is 1. The van der Waals surface area contributed by atoms with E-state index in [0.717, 1.165) is 26.2 Å². The van der Waals surface area contributed by atoms with E-state index < -0.39 is 0 Å². The lowest BCUT2D eigenvalue weighted by Crippen LogP contribution is -2.47. The maximum atomic E-state index is 11.7. The largest absolute Gasteiger partial charge is 0.339 e. The standard InChI is InChI=1S/C9H19N3OS/c1-8(6-10)14-7-9(13)12-4-2-11-3-5-12/h8,11H,2-7,10H2,1H3. The summed E-state index contributed by atoms with van der Waals surface area (Å²) in [5.74, 6) is 0.815. The first-order valence-corrected chi connectivity index (χ1v) is 6.09. The minimum Gasteiger partial charge on any atom is -0.339 e. The van der Waals surface area contributed by atoms with Gasteiger partial charge in [0.1, 0.15) is 0 Å². The fourth-order valence-electron chi connectivity index (χ4n) is 1.29. The Hall–Kier alpha value is -0.260. The van der Waals surface area contributed by atoms with Gasteiger partial charge >= 0.3 is 0 Å². The van der Waals surface area contributed by atoms with E-state index >= 15 is 0 Å². The van der Waals surface area contributed by atoms with E-state index in [1.54, 1.807) is 11.8 Å². The van der Waals surface area contributed by atoms with Crippen LogP contribution in [-0.2, 0) is 4.79 Å². The van der Waals surface area contributed by atoms with Crippen LogP contribution in [0.4, 0.5) is 0 Å². The zero-order valence-electron chi connectivity index (χ0n) is 8.66. The van der Waals surface area contributed by atoms with Gasteiger partial charge < -0.3 is 16.0 Å². The van der Waals surface area contributed by atoms with E-state index in [2.05, 4.69) is 12.2 Å². The maximum absolute atomic E-state index is 11.7. The lowest BCUT2D eigenvalue weighted by molar-refractivity contribution is -0.128. The molecule has 0 saturated carbocycles. The van der Waals surface area contributed by atoms with Gasteiger partial charge in [-0.2, -0.15) is 0 Å². The van der Waals surface area contributed by atoms with Crippen molar-refractivity contribution in [2.75, 3.05) is 38.5 Å². The number of piperazine rings is 1. The summed E-state index contributed by atoms with van der Waals surface area (Å²) in [4.78, 5) is 13.6. The summed E-state index contributed by atoms with van der Waals surface area (Å²) in [5, 5.41) is 3.60. The molecule has 0 aromatic heterocycles. The highest BCUT2D eigenvalue weighted by atomic mass is 32.2. The van der Waals surface area contributed by atoms with Gasteiger partial charge in [-0.3, -0.25) is 4.79 Å². The van der Waals surface area contributed by atoms with Crippen LogP contribution in [0.3, 0.4) is 0 Å². The number of amides is 1. The molecule has 0 spiro atoms. The van der Waals surface area contributed by atoms with Gasteiger partial charge in [0.15, 0.2) is 0 Å². The van der Waals surface area contributed by atoms with Crippen LogP contribution >= 0.6 is 11.8 Å². The lowest BCUT2D eigenvalue weighted by atomic mass is 10.3. The molecule has 3 N–H and O–H groups in total. The molecule has 1 atom stereocenters. The van der Waals surface area contributed by atoms with Crippen molar-refractivity contribution in [3.63, 3.8) is 0 Å². The number of nitrogens with one attached hydrogen (secondary N) is 1. The van der Waals surface area contributed by atoms with Crippen molar-refractivity contribution < 1.29 is 4.79 Å². The Morgan fingerprint density at radius 3 is 2.79 bits per heavy atom. The van der Waals surface area contributed by atoms with Crippen LogP contribution in [0, 0.1) is 0 Å². The second-order valence-corrected chi connectivity index (χ2v) is 4.91. The molecular formula is C9H19N3OS. The van der Waals surface area contributed by atoms with Crippen molar-refractivity contribution in [3.05, 3.63) is 0 Å². The molecule has 1 unspecified atom stereocenters. The van der Waals surface area contributed by atoms with Crippen molar-refractivity contribution in [2.24, 2.45) is 5.73 Å². The SMILES string of the molecule is CC(CN)SCC(=O)N1CCNCC1. The monoisotopic (exact) mass is 217 g/mol. The van der Waals surface area contributed by atoms with Crippen LogP contribution in [0.25, 0.3) is 0 Å². The second-order valence-electron chi connectivity index (χ2n) is 3.49. The average Bonchev–Trinajstić information content (AvgIpc) is 2.26. The molecule has 1 fully saturated rings. The van der Waals surface area contributed by atoms with E-state index in [-0.39, 0.29) is 5.91 Å². The van der Waals surface area contributed by atoms with Crippen LogP contribution < -0.4 is 11.1 Å². The molecule has 4 nitrogen and oxygen atoms in total. The molecule has 82 valence electrons. The highest BCUT2D eigenvalue weighted by Gasteiger charge is 2.16. The van der Waals surface area contributed by atoms with Crippen molar-refractivity contribution in [3.8, 4) is 0 Å². The first-order chi connectivity index (χ1) is 6.74. The molecule has 5 heteroatoms. The summed E-state index contributed by atoms with van der Waals surface area (Å²) in [6, 6.07) is 0. The van der Waals surface area contributed by atoms with E-state index in [4.69, 9.17) is 5.73 Å². The molecule has 0 bridgehead atoms. The Kier molecular flexibility index (Phi) is 5.29. The van der Waals surface area contributed by atoms with Gasteiger partial charge in [-0.1, -0.05) is 6.92 Å². The van der Waals surface area contributed by atoms with Crippen LogP contribution in [0.5, 0.6) is 0 Å². The third kappa shape index (κ3) is 3.86. The maximum Gasteiger partial charge on any atom is 0.232 e. The molecule has 1 amide bonds. The third-order valence-corrected chi connectivity index (χ3v) is 3.47. The number of nitrogens with zero attached hydrogens (tertiary/aromatic N) is 1. The summed E-state index contributed by atoms with van der Waals surface area (Å²) in [6.45, 7) is 6.22. The quantitative estimate of drug-likeness (QED) is 0.666. The summed E-state index contributed by atoms with van der Waals surface area (Å²) >= 11 is 1.64. The Labute approximate surface area is 89.6 Å². The molecule has 0 aliphatic carbocycles. The van der Waals surface area contributed by atoms with Crippen LogP contribution in [-0.4, -0.2) is 54.5 Å². The molecule has 14 heavy (non-hydrogen) atoms. The molecule has 1 rings (SSSR count). The smallest absolute Gasteiger partial charge is 0.232 e. The fraction of sp³-hybridized carbons (Fsp3) is 0.889. The Morgan fingerprint density at radius 2 is 2.21 bits per heavy atom. The van der Waals surface area contributed by atoms with Crippen molar-refractivity contribution in [1.29, 1.82) is 0 Å². The molecule has 1 aliphatic heterocycles. The number of rotatable bonds is 4. The zero-order chi connectivity index (χ0) is 10.4. The van der Waals surface area contributed by atoms with Gasteiger partial charge in [-0.15, -0.1) is 11.8 Å². The zero-order valence-corrected chi connectivity index (χ0v) is 9.48. The summed E-state index contributed by atoms with van der Waals surface area (Å²) < 4.78 is 0. The first kappa shape index (κ1) is 11.8. The number of thioether (sulfide) groups is 1. The topological polar surface area (TPSA) is 58.4 Å². The van der Waals surface area contributed by atoms with Crippen molar-refractivity contribution in [2.45, 2.75) is 12.2 Å². The number of hydrogen-bond donors (Lipinski definition) is 2. The van der Waals surface area contributed by atoms with Gasteiger partial charge in [-0.25, -0.2) is 0 Å².